The number of nitrogens with zero attached hydrogens (tertiary/aromatic N) is 2. The minimum atomic E-state index is 0.635. The van der Waals surface area contributed by atoms with Crippen LogP contribution in [-0.4, -0.2) is 16.2 Å². The van der Waals surface area contributed by atoms with Gasteiger partial charge in [0.05, 0.1) is 6.54 Å². The number of fused-ring (bicyclic) bond motifs is 1. The first-order valence-electron chi connectivity index (χ1n) is 7.22. The summed E-state index contributed by atoms with van der Waals surface area (Å²) in [5.74, 6) is 0.878. The zero-order chi connectivity index (χ0) is 13.4. The third-order valence-corrected chi connectivity index (χ3v) is 4.64. The molecule has 2 aliphatic carbocycles. The largest absolute Gasteiger partial charge is 0.430 e. The van der Waals surface area contributed by atoms with Crippen molar-refractivity contribution >= 4 is 11.3 Å². The second-order valence-corrected chi connectivity index (χ2v) is 6.53. The van der Waals surface area contributed by atoms with Crippen LogP contribution in [-0.2, 0) is 19.4 Å². The molecule has 104 valence electrons. The number of rotatable bonds is 5. The second kappa shape index (κ2) is 5.14. The molecule has 2 aromatic rings. The monoisotopic (exact) mass is 287 g/mol. The Bertz CT molecular complexity index is 621. The molecule has 0 spiro atoms. The van der Waals surface area contributed by atoms with Crippen LogP contribution in [0.4, 0.5) is 0 Å². The third-order valence-electron chi connectivity index (χ3n) is 3.84. The Balaban J connectivity index is 1.42. The van der Waals surface area contributed by atoms with Gasteiger partial charge in [-0.05, 0) is 55.4 Å². The van der Waals surface area contributed by atoms with Gasteiger partial charge in [0.2, 0.25) is 0 Å². The second-order valence-electron chi connectivity index (χ2n) is 5.50. The van der Waals surface area contributed by atoms with Crippen molar-refractivity contribution in [3.8, 4) is 10.9 Å². The lowest BCUT2D eigenvalue weighted by Crippen LogP contribution is -2.14. The highest BCUT2D eigenvalue weighted by atomic mass is 32.1. The molecule has 0 aliphatic heterocycles. The first-order valence-corrected chi connectivity index (χ1v) is 8.04. The molecular formula is C15H17N3OS. The van der Waals surface area contributed by atoms with Crippen molar-refractivity contribution in [1.82, 2.24) is 15.5 Å². The topological polar surface area (TPSA) is 47.0 Å². The molecule has 1 saturated carbocycles. The molecule has 1 aromatic carbocycles. The van der Waals surface area contributed by atoms with Gasteiger partial charge in [0.1, 0.15) is 10.8 Å². The lowest BCUT2D eigenvalue weighted by molar-refractivity contribution is 0.472. The van der Waals surface area contributed by atoms with E-state index in [-0.39, 0.29) is 0 Å². The summed E-state index contributed by atoms with van der Waals surface area (Å²) in [6, 6.07) is 7.05. The number of nitrogens with one attached hydrogen (secondary N) is 1. The number of aryl methyl sites for hydroxylation is 2. The van der Waals surface area contributed by atoms with Gasteiger partial charge in [-0.15, -0.1) is 5.10 Å². The third kappa shape index (κ3) is 2.69. The van der Waals surface area contributed by atoms with Crippen LogP contribution in [0.15, 0.2) is 18.2 Å². The summed E-state index contributed by atoms with van der Waals surface area (Å²) in [5, 5.41) is 13.3. The molecule has 0 bridgehead atoms. The molecule has 0 radical (unpaired) electrons. The van der Waals surface area contributed by atoms with Crippen LogP contribution >= 0.6 is 11.3 Å². The maximum Gasteiger partial charge on any atom is 0.299 e. The average Bonchev–Trinajstić information content (AvgIpc) is 2.99. The number of ether oxygens (including phenoxy) is 1. The minimum absolute atomic E-state index is 0.635. The van der Waals surface area contributed by atoms with E-state index in [1.807, 2.05) is 6.07 Å². The van der Waals surface area contributed by atoms with E-state index in [0.717, 1.165) is 17.3 Å². The van der Waals surface area contributed by atoms with Crippen molar-refractivity contribution in [1.29, 1.82) is 0 Å². The predicted octanol–water partition coefficient (Wildman–Crippen LogP) is 3.07. The van der Waals surface area contributed by atoms with Crippen LogP contribution in [0.2, 0.25) is 0 Å². The fraction of sp³-hybridized carbons (Fsp3) is 0.467. The Kier molecular flexibility index (Phi) is 3.16. The standard InChI is InChI=1S/C15H17N3OS/c1-2-10-4-7-13(8-11(10)3-1)19-15-18-17-14(20-15)9-16-12-5-6-12/h4,7-8,12,16H,1-3,5-6,9H2. The molecule has 0 atom stereocenters. The Morgan fingerprint density at radius 1 is 1.20 bits per heavy atom. The highest BCUT2D eigenvalue weighted by Gasteiger charge is 2.21. The summed E-state index contributed by atoms with van der Waals surface area (Å²) in [5.41, 5.74) is 2.88. The van der Waals surface area contributed by atoms with E-state index in [0.29, 0.717) is 11.2 Å². The van der Waals surface area contributed by atoms with Crippen molar-refractivity contribution in [2.24, 2.45) is 0 Å². The van der Waals surface area contributed by atoms with Crippen molar-refractivity contribution in [3.05, 3.63) is 34.3 Å². The highest BCUT2D eigenvalue weighted by molar-refractivity contribution is 7.13. The van der Waals surface area contributed by atoms with Crippen molar-refractivity contribution < 1.29 is 4.74 Å². The van der Waals surface area contributed by atoms with Gasteiger partial charge < -0.3 is 10.1 Å². The van der Waals surface area contributed by atoms with E-state index < -0.39 is 0 Å². The Hall–Kier alpha value is -1.46. The lowest BCUT2D eigenvalue weighted by atomic mass is 10.1. The van der Waals surface area contributed by atoms with E-state index in [2.05, 4.69) is 27.6 Å². The Morgan fingerprint density at radius 3 is 3.00 bits per heavy atom. The molecule has 5 heteroatoms. The summed E-state index contributed by atoms with van der Waals surface area (Å²) in [4.78, 5) is 0. The van der Waals surface area contributed by atoms with Crippen LogP contribution in [0.3, 0.4) is 0 Å². The smallest absolute Gasteiger partial charge is 0.299 e. The molecule has 1 aromatic heterocycles. The van der Waals surface area contributed by atoms with Crippen LogP contribution in [0.25, 0.3) is 0 Å². The highest BCUT2D eigenvalue weighted by Crippen LogP contribution is 2.30. The van der Waals surface area contributed by atoms with Gasteiger partial charge in [0.15, 0.2) is 0 Å². The molecule has 0 amide bonds. The first kappa shape index (κ1) is 12.3. The summed E-state index contributed by atoms with van der Waals surface area (Å²) < 4.78 is 5.82. The van der Waals surface area contributed by atoms with Crippen LogP contribution in [0, 0.1) is 0 Å². The Labute approximate surface area is 122 Å². The fourth-order valence-corrected chi connectivity index (χ4v) is 3.24. The van der Waals surface area contributed by atoms with Gasteiger partial charge in [-0.25, -0.2) is 0 Å². The fourth-order valence-electron chi connectivity index (χ4n) is 2.58. The van der Waals surface area contributed by atoms with E-state index in [4.69, 9.17) is 4.74 Å². The molecule has 20 heavy (non-hydrogen) atoms. The quantitative estimate of drug-likeness (QED) is 0.918. The number of benzene rings is 1. The van der Waals surface area contributed by atoms with Crippen molar-refractivity contribution in [2.45, 2.75) is 44.7 Å². The number of hydrogen-bond donors (Lipinski definition) is 1. The zero-order valence-electron chi connectivity index (χ0n) is 11.3. The molecule has 4 nitrogen and oxygen atoms in total. The van der Waals surface area contributed by atoms with E-state index >= 15 is 0 Å². The van der Waals surface area contributed by atoms with Gasteiger partial charge in [0.25, 0.3) is 5.19 Å². The summed E-state index contributed by atoms with van der Waals surface area (Å²) in [7, 11) is 0. The van der Waals surface area contributed by atoms with Crippen LogP contribution in [0.5, 0.6) is 10.9 Å². The van der Waals surface area contributed by atoms with Gasteiger partial charge in [-0.1, -0.05) is 22.5 Å². The maximum atomic E-state index is 5.82. The van der Waals surface area contributed by atoms with E-state index in [1.165, 1.54) is 54.6 Å². The van der Waals surface area contributed by atoms with Gasteiger partial charge in [-0.3, -0.25) is 0 Å². The molecular weight excluding hydrogens is 270 g/mol. The number of aromatic nitrogens is 2. The first-order chi connectivity index (χ1) is 9.87. The lowest BCUT2D eigenvalue weighted by Gasteiger charge is -2.04. The molecule has 4 rings (SSSR count). The minimum Gasteiger partial charge on any atom is -0.430 e. The van der Waals surface area contributed by atoms with Gasteiger partial charge in [-0.2, -0.15) is 0 Å². The molecule has 0 saturated heterocycles. The molecule has 1 heterocycles. The summed E-state index contributed by atoms with van der Waals surface area (Å²) in [6.07, 6.45) is 6.20. The molecule has 0 unspecified atom stereocenters. The Morgan fingerprint density at radius 2 is 2.10 bits per heavy atom. The molecule has 2 aliphatic rings. The molecule has 1 fully saturated rings. The molecule has 1 N–H and O–H groups in total. The number of hydrogen-bond acceptors (Lipinski definition) is 5. The van der Waals surface area contributed by atoms with E-state index in [1.54, 1.807) is 0 Å². The average molecular weight is 287 g/mol. The van der Waals surface area contributed by atoms with Crippen LogP contribution in [0.1, 0.15) is 35.4 Å². The maximum absolute atomic E-state index is 5.82. The van der Waals surface area contributed by atoms with Crippen molar-refractivity contribution in [3.63, 3.8) is 0 Å². The summed E-state index contributed by atoms with van der Waals surface area (Å²) >= 11 is 1.52. The van der Waals surface area contributed by atoms with Gasteiger partial charge >= 0.3 is 0 Å². The summed E-state index contributed by atoms with van der Waals surface area (Å²) in [6.45, 7) is 0.801. The van der Waals surface area contributed by atoms with Crippen LogP contribution < -0.4 is 10.1 Å². The van der Waals surface area contributed by atoms with Crippen molar-refractivity contribution in [2.75, 3.05) is 0 Å². The SMILES string of the molecule is c1cc2c(cc1Oc1nnc(CNC3CC3)s1)CCC2. The zero-order valence-corrected chi connectivity index (χ0v) is 12.1. The predicted molar refractivity (Wildman–Crippen MR) is 78.3 cm³/mol. The normalized spacial score (nSPS) is 17.2. The van der Waals surface area contributed by atoms with E-state index in [9.17, 15) is 0 Å². The van der Waals surface area contributed by atoms with Gasteiger partial charge in [0, 0.05) is 6.04 Å².